The fourth-order valence-corrected chi connectivity index (χ4v) is 1.08. The third-order valence-corrected chi connectivity index (χ3v) is 1.82. The number of hydrogen-bond donors (Lipinski definition) is 1. The van der Waals surface area contributed by atoms with Crippen LogP contribution in [0.3, 0.4) is 0 Å². The summed E-state index contributed by atoms with van der Waals surface area (Å²) in [5, 5.41) is 0. The first-order chi connectivity index (χ1) is 6.38. The van der Waals surface area contributed by atoms with Crippen molar-refractivity contribution in [2.45, 2.75) is 27.7 Å². The van der Waals surface area contributed by atoms with E-state index in [4.69, 9.17) is 5.73 Å². The van der Waals surface area contributed by atoms with Crippen LogP contribution in [0.15, 0.2) is 18.2 Å². The highest BCUT2D eigenvalue weighted by molar-refractivity contribution is 5.50. The van der Waals surface area contributed by atoms with E-state index in [1.807, 2.05) is 25.1 Å². The van der Waals surface area contributed by atoms with Crippen LogP contribution in [-0.2, 0) is 0 Å². The van der Waals surface area contributed by atoms with Gasteiger partial charge in [-0.2, -0.15) is 0 Å². The Labute approximate surface area is 86.3 Å². The smallest absolute Gasteiger partial charge is 0.0317 e. The summed E-state index contributed by atoms with van der Waals surface area (Å²) >= 11 is 0. The van der Waals surface area contributed by atoms with Crippen molar-refractivity contribution in [1.29, 1.82) is 0 Å². The molecule has 0 aromatic heterocycles. The molecule has 0 bridgehead atoms. The van der Waals surface area contributed by atoms with Gasteiger partial charge in [-0.05, 0) is 51.5 Å². The minimum Gasteiger partial charge on any atom is -0.399 e. The van der Waals surface area contributed by atoms with Crippen LogP contribution in [0.25, 0.3) is 0 Å². The molecule has 0 aliphatic rings. The number of nitrogen functional groups attached to an aromatic ring is 1. The molecule has 1 aromatic rings. The molecule has 0 heterocycles. The lowest BCUT2D eigenvalue weighted by Gasteiger charge is -2.07. The number of nitrogens with two attached hydrogens (primary N) is 1. The van der Waals surface area contributed by atoms with Crippen molar-refractivity contribution in [3.8, 4) is 11.8 Å². The first-order valence-electron chi connectivity index (χ1n) is 4.78. The molecule has 0 spiro atoms. The summed E-state index contributed by atoms with van der Waals surface area (Å²) in [7, 11) is 0. The predicted molar refractivity (Wildman–Crippen MR) is 61.9 cm³/mol. The van der Waals surface area contributed by atoms with Gasteiger partial charge < -0.3 is 5.73 Å². The van der Waals surface area contributed by atoms with Gasteiger partial charge >= 0.3 is 0 Å². The minimum absolute atomic E-state index is 0.0494. The van der Waals surface area contributed by atoms with Gasteiger partial charge in [0, 0.05) is 16.7 Å². The molecule has 0 aliphatic heterocycles. The van der Waals surface area contributed by atoms with Crippen LogP contribution in [0, 0.1) is 24.2 Å². The number of aryl methyl sites for hydroxylation is 1. The zero-order valence-corrected chi connectivity index (χ0v) is 9.31. The Hall–Kier alpha value is -1.42. The highest BCUT2D eigenvalue weighted by Gasteiger charge is 2.03. The zero-order chi connectivity index (χ0) is 10.8. The molecule has 74 valence electrons. The molecule has 1 rings (SSSR count). The van der Waals surface area contributed by atoms with Gasteiger partial charge in [0.05, 0.1) is 0 Å². The van der Waals surface area contributed by atoms with Gasteiger partial charge in [0.15, 0.2) is 0 Å². The van der Waals surface area contributed by atoms with Crippen LogP contribution >= 0.6 is 0 Å². The Bertz CT molecular complexity index is 386. The van der Waals surface area contributed by atoms with E-state index in [1.54, 1.807) is 0 Å². The van der Waals surface area contributed by atoms with Crippen molar-refractivity contribution < 1.29 is 0 Å². The van der Waals surface area contributed by atoms with E-state index >= 15 is 0 Å². The maximum atomic E-state index is 5.66. The summed E-state index contributed by atoms with van der Waals surface area (Å²) in [6.07, 6.45) is 0. The Kier molecular flexibility index (Phi) is 2.86. The second-order valence-corrected chi connectivity index (χ2v) is 4.57. The van der Waals surface area contributed by atoms with Crippen molar-refractivity contribution in [2.24, 2.45) is 5.41 Å². The fraction of sp³-hybridized carbons (Fsp3) is 0.385. The van der Waals surface area contributed by atoms with E-state index in [-0.39, 0.29) is 5.41 Å². The number of anilines is 1. The normalized spacial score (nSPS) is 10.6. The number of hydrogen-bond acceptors (Lipinski definition) is 1. The maximum absolute atomic E-state index is 5.66. The van der Waals surface area contributed by atoms with Crippen molar-refractivity contribution in [1.82, 2.24) is 0 Å². The van der Waals surface area contributed by atoms with Crippen molar-refractivity contribution in [2.75, 3.05) is 5.73 Å². The molecule has 2 N–H and O–H groups in total. The van der Waals surface area contributed by atoms with Crippen LogP contribution in [-0.4, -0.2) is 0 Å². The van der Waals surface area contributed by atoms with Gasteiger partial charge in [-0.3, -0.25) is 0 Å². The van der Waals surface area contributed by atoms with Crippen LogP contribution in [0.4, 0.5) is 5.69 Å². The molecule has 0 aliphatic carbocycles. The van der Waals surface area contributed by atoms with Gasteiger partial charge in [0.1, 0.15) is 0 Å². The molecule has 0 radical (unpaired) electrons. The first kappa shape index (κ1) is 10.7. The fourth-order valence-electron chi connectivity index (χ4n) is 1.08. The molecular weight excluding hydrogens is 170 g/mol. The molecule has 1 heteroatoms. The van der Waals surface area contributed by atoms with E-state index in [9.17, 15) is 0 Å². The van der Waals surface area contributed by atoms with Crippen LogP contribution in [0.5, 0.6) is 0 Å². The van der Waals surface area contributed by atoms with Crippen molar-refractivity contribution in [3.63, 3.8) is 0 Å². The predicted octanol–water partition coefficient (Wildman–Crippen LogP) is 2.97. The van der Waals surface area contributed by atoms with E-state index < -0.39 is 0 Å². The van der Waals surface area contributed by atoms with Crippen LogP contribution in [0.2, 0.25) is 0 Å². The van der Waals surface area contributed by atoms with Crippen molar-refractivity contribution >= 4 is 5.69 Å². The molecule has 0 saturated carbocycles. The molecule has 1 nitrogen and oxygen atoms in total. The van der Waals surface area contributed by atoms with Gasteiger partial charge in [-0.1, -0.05) is 11.8 Å². The highest BCUT2D eigenvalue weighted by atomic mass is 14.5. The molecule has 0 saturated heterocycles. The SMILES string of the molecule is Cc1cc(N)ccc1C#CC(C)(C)C. The number of rotatable bonds is 0. The lowest BCUT2D eigenvalue weighted by molar-refractivity contribution is 0.571. The van der Waals surface area contributed by atoms with Crippen molar-refractivity contribution in [3.05, 3.63) is 29.3 Å². The monoisotopic (exact) mass is 187 g/mol. The Morgan fingerprint density at radius 2 is 1.86 bits per heavy atom. The summed E-state index contributed by atoms with van der Waals surface area (Å²) < 4.78 is 0. The zero-order valence-electron chi connectivity index (χ0n) is 9.31. The maximum Gasteiger partial charge on any atom is 0.0317 e. The summed E-state index contributed by atoms with van der Waals surface area (Å²) in [5.74, 6) is 6.38. The van der Waals surface area contributed by atoms with E-state index in [1.165, 1.54) is 0 Å². The largest absolute Gasteiger partial charge is 0.399 e. The third-order valence-electron chi connectivity index (χ3n) is 1.82. The molecule has 0 atom stereocenters. The number of benzene rings is 1. The van der Waals surface area contributed by atoms with E-state index in [0.29, 0.717) is 0 Å². The Morgan fingerprint density at radius 1 is 1.21 bits per heavy atom. The van der Waals surface area contributed by atoms with Gasteiger partial charge in [0.2, 0.25) is 0 Å². The molecule has 0 unspecified atom stereocenters. The highest BCUT2D eigenvalue weighted by Crippen LogP contribution is 2.14. The average Bonchev–Trinajstić information content (AvgIpc) is 2.00. The van der Waals surface area contributed by atoms with Gasteiger partial charge in [-0.25, -0.2) is 0 Å². The standard InChI is InChI=1S/C13H17N/c1-10-9-12(14)6-5-11(10)7-8-13(2,3)4/h5-6,9H,14H2,1-4H3. The quantitative estimate of drug-likeness (QED) is 0.490. The Balaban J connectivity index is 3.02. The van der Waals surface area contributed by atoms with Crippen LogP contribution < -0.4 is 5.73 Å². The van der Waals surface area contributed by atoms with Crippen LogP contribution in [0.1, 0.15) is 31.9 Å². The average molecular weight is 187 g/mol. The summed E-state index contributed by atoms with van der Waals surface area (Å²) in [6, 6.07) is 5.82. The van der Waals surface area contributed by atoms with Gasteiger partial charge in [-0.15, -0.1) is 0 Å². The van der Waals surface area contributed by atoms with E-state index in [0.717, 1.165) is 16.8 Å². The lowest BCUT2D eigenvalue weighted by atomic mass is 9.97. The summed E-state index contributed by atoms with van der Waals surface area (Å²) in [6.45, 7) is 8.34. The second kappa shape index (κ2) is 3.75. The molecule has 0 fully saturated rings. The molecule has 14 heavy (non-hydrogen) atoms. The third kappa shape index (κ3) is 3.14. The molecule has 0 amide bonds. The summed E-state index contributed by atoms with van der Waals surface area (Å²) in [5.41, 5.74) is 8.71. The first-order valence-corrected chi connectivity index (χ1v) is 4.78. The van der Waals surface area contributed by atoms with Gasteiger partial charge in [0.25, 0.3) is 0 Å². The topological polar surface area (TPSA) is 26.0 Å². The second-order valence-electron chi connectivity index (χ2n) is 4.57. The minimum atomic E-state index is 0.0494. The summed E-state index contributed by atoms with van der Waals surface area (Å²) in [4.78, 5) is 0. The lowest BCUT2D eigenvalue weighted by Crippen LogP contribution is -1.99. The molecular formula is C13H17N. The Morgan fingerprint density at radius 3 is 2.36 bits per heavy atom. The van der Waals surface area contributed by atoms with E-state index in [2.05, 4.69) is 32.6 Å². The molecule has 1 aromatic carbocycles.